The highest BCUT2D eigenvalue weighted by Gasteiger charge is 2.21. The van der Waals surface area contributed by atoms with Crippen molar-refractivity contribution in [1.29, 1.82) is 0 Å². The zero-order chi connectivity index (χ0) is 27.7. The molecule has 2 heterocycles. The van der Waals surface area contributed by atoms with E-state index in [2.05, 4.69) is 25.8 Å². The Kier molecular flexibility index (Phi) is 10.5. The summed E-state index contributed by atoms with van der Waals surface area (Å²) in [4.78, 5) is 49.1. The van der Waals surface area contributed by atoms with Crippen molar-refractivity contribution < 1.29 is 23.6 Å². The molecule has 3 rings (SSSR count). The van der Waals surface area contributed by atoms with Gasteiger partial charge in [-0.15, -0.1) is 0 Å². The number of nitrogens with one attached hydrogen (secondary N) is 2. The lowest BCUT2D eigenvalue weighted by Crippen LogP contribution is -2.38. The predicted molar refractivity (Wildman–Crippen MR) is 144 cm³/mol. The lowest BCUT2D eigenvalue weighted by Gasteiger charge is -2.19. The molecule has 0 aliphatic carbocycles. The molecule has 3 aromatic rings. The minimum atomic E-state index is -0.450. The molecule has 1 atom stereocenters. The van der Waals surface area contributed by atoms with Crippen molar-refractivity contribution >= 4 is 34.3 Å². The van der Waals surface area contributed by atoms with Crippen LogP contribution in [0, 0.1) is 13.8 Å². The van der Waals surface area contributed by atoms with Gasteiger partial charge in [0.15, 0.2) is 5.13 Å². The number of amides is 2. The number of nitrogens with zero attached hydrogens (tertiary/aromatic N) is 4. The molecular formula is C26H34N6O5S. The van der Waals surface area contributed by atoms with Crippen LogP contribution in [0.2, 0.25) is 0 Å². The molecule has 0 aliphatic rings. The molecule has 2 amide bonds. The van der Waals surface area contributed by atoms with E-state index in [9.17, 15) is 14.4 Å². The van der Waals surface area contributed by atoms with Crippen molar-refractivity contribution in [2.24, 2.45) is 0 Å². The van der Waals surface area contributed by atoms with Crippen molar-refractivity contribution in [2.75, 3.05) is 32.6 Å². The number of thiazole rings is 1. The molecule has 1 aromatic carbocycles. The Balaban J connectivity index is 1.67. The van der Waals surface area contributed by atoms with E-state index >= 15 is 0 Å². The fourth-order valence-corrected chi connectivity index (χ4v) is 4.53. The third-order valence-electron chi connectivity index (χ3n) is 5.50. The normalized spacial score (nSPS) is 11.8. The highest BCUT2D eigenvalue weighted by Crippen LogP contribution is 2.24. The number of ether oxygens (including phenoxy) is 1. The Bertz CT molecular complexity index is 1250. The van der Waals surface area contributed by atoms with Crippen LogP contribution in [0.3, 0.4) is 0 Å². The molecule has 2 N–H and O–H groups in total. The van der Waals surface area contributed by atoms with Crippen molar-refractivity contribution in [3.05, 3.63) is 46.3 Å². The van der Waals surface area contributed by atoms with E-state index < -0.39 is 12.0 Å². The first-order valence-corrected chi connectivity index (χ1v) is 13.3. The van der Waals surface area contributed by atoms with Gasteiger partial charge in [0.2, 0.25) is 17.6 Å². The first-order valence-electron chi connectivity index (χ1n) is 12.5. The van der Waals surface area contributed by atoms with Crippen LogP contribution in [0.25, 0.3) is 11.4 Å². The largest absolute Gasteiger partial charge is 0.461 e. The molecule has 12 heteroatoms. The number of esters is 1. The Morgan fingerprint density at radius 1 is 1.18 bits per heavy atom. The van der Waals surface area contributed by atoms with Crippen LogP contribution >= 0.6 is 11.3 Å². The molecule has 2 aromatic heterocycles. The summed E-state index contributed by atoms with van der Waals surface area (Å²) < 4.78 is 10.2. The van der Waals surface area contributed by atoms with Gasteiger partial charge in [0.05, 0.1) is 12.3 Å². The van der Waals surface area contributed by atoms with Gasteiger partial charge >= 0.3 is 5.97 Å². The minimum Gasteiger partial charge on any atom is -0.461 e. The molecule has 11 nitrogen and oxygen atoms in total. The highest BCUT2D eigenvalue weighted by atomic mass is 32.1. The van der Waals surface area contributed by atoms with Crippen molar-refractivity contribution in [3.63, 3.8) is 0 Å². The Morgan fingerprint density at radius 3 is 2.66 bits per heavy atom. The summed E-state index contributed by atoms with van der Waals surface area (Å²) >= 11 is 1.08. The van der Waals surface area contributed by atoms with Crippen LogP contribution in [0.4, 0.5) is 5.13 Å². The summed E-state index contributed by atoms with van der Waals surface area (Å²) in [5.74, 6) is -0.230. The summed E-state index contributed by atoms with van der Waals surface area (Å²) in [6, 6.07) is 6.52. The zero-order valence-electron chi connectivity index (χ0n) is 22.4. The first-order chi connectivity index (χ1) is 18.2. The predicted octanol–water partition coefficient (Wildman–Crippen LogP) is 3.85. The molecule has 0 saturated heterocycles. The summed E-state index contributed by atoms with van der Waals surface area (Å²) in [5.41, 5.74) is 1.58. The molecular weight excluding hydrogens is 508 g/mol. The third-order valence-corrected chi connectivity index (χ3v) is 6.55. The van der Waals surface area contributed by atoms with Crippen LogP contribution in [-0.4, -0.2) is 71.1 Å². The summed E-state index contributed by atoms with van der Waals surface area (Å²) in [7, 11) is 3.94. The fourth-order valence-electron chi connectivity index (χ4n) is 3.66. The lowest BCUT2D eigenvalue weighted by molar-refractivity contribution is -0.116. The van der Waals surface area contributed by atoms with Crippen LogP contribution in [0.15, 0.2) is 28.8 Å². The SMILES string of the molecule is CCCOC(=O)c1sc(NC(=O)C[C@H](CCCN(C)C)NC(=O)c2cccc(-c3noc(C)n3)c2)nc1C. The van der Waals surface area contributed by atoms with Gasteiger partial charge in [-0.05, 0) is 59.0 Å². The van der Waals surface area contributed by atoms with E-state index in [0.29, 0.717) is 51.6 Å². The number of carbonyl (C=O) groups excluding carboxylic acids is 3. The second-order valence-electron chi connectivity index (χ2n) is 9.16. The lowest BCUT2D eigenvalue weighted by atomic mass is 10.1. The maximum Gasteiger partial charge on any atom is 0.350 e. The van der Waals surface area contributed by atoms with Gasteiger partial charge in [-0.3, -0.25) is 9.59 Å². The number of benzene rings is 1. The van der Waals surface area contributed by atoms with Crippen LogP contribution in [0.1, 0.15) is 64.2 Å². The van der Waals surface area contributed by atoms with E-state index in [1.165, 1.54) is 0 Å². The van der Waals surface area contributed by atoms with Crippen LogP contribution in [0.5, 0.6) is 0 Å². The molecule has 0 radical (unpaired) electrons. The zero-order valence-corrected chi connectivity index (χ0v) is 23.2. The Morgan fingerprint density at radius 2 is 1.97 bits per heavy atom. The Hall–Kier alpha value is -3.64. The van der Waals surface area contributed by atoms with Gasteiger partial charge < -0.3 is 24.8 Å². The van der Waals surface area contributed by atoms with Gasteiger partial charge in [0.1, 0.15) is 4.88 Å². The average molecular weight is 543 g/mol. The Labute approximate surface area is 226 Å². The molecule has 0 aliphatic heterocycles. The number of rotatable bonds is 13. The minimum absolute atomic E-state index is 0.0527. The van der Waals surface area contributed by atoms with Crippen molar-refractivity contribution in [3.8, 4) is 11.4 Å². The number of hydrogen-bond acceptors (Lipinski definition) is 10. The van der Waals surface area contributed by atoms with E-state index in [4.69, 9.17) is 9.26 Å². The number of aryl methyl sites for hydroxylation is 2. The van der Waals surface area contributed by atoms with Crippen molar-refractivity contribution in [1.82, 2.24) is 25.3 Å². The maximum atomic E-state index is 13.1. The summed E-state index contributed by atoms with van der Waals surface area (Å²) in [6.45, 7) is 6.45. The van der Waals surface area contributed by atoms with E-state index in [-0.39, 0.29) is 18.2 Å². The molecule has 0 saturated carbocycles. The molecule has 0 unspecified atom stereocenters. The van der Waals surface area contributed by atoms with E-state index in [1.807, 2.05) is 25.9 Å². The second kappa shape index (κ2) is 13.8. The van der Waals surface area contributed by atoms with Gasteiger partial charge in [-0.1, -0.05) is 35.5 Å². The monoisotopic (exact) mass is 542 g/mol. The average Bonchev–Trinajstić information content (AvgIpc) is 3.47. The standard InChI is InChI=1S/C26H34N6O5S/c1-6-13-36-25(35)22-16(2)27-26(38-22)30-21(33)15-20(11-8-12-32(4)5)29-24(34)19-10-7-9-18(14-19)23-28-17(3)37-31-23/h7,9-10,14,20H,6,8,11-13,15H2,1-5H3,(H,29,34)(H,27,30,33)/t20-/m0/s1. The number of hydrogen-bond donors (Lipinski definition) is 2. The van der Waals surface area contributed by atoms with Gasteiger partial charge in [0, 0.05) is 30.5 Å². The maximum absolute atomic E-state index is 13.1. The molecule has 0 fully saturated rings. The van der Waals surface area contributed by atoms with Gasteiger partial charge in [-0.2, -0.15) is 4.98 Å². The quantitative estimate of drug-likeness (QED) is 0.308. The van der Waals surface area contributed by atoms with Crippen LogP contribution < -0.4 is 10.6 Å². The van der Waals surface area contributed by atoms with E-state index in [1.54, 1.807) is 38.1 Å². The molecule has 38 heavy (non-hydrogen) atoms. The third kappa shape index (κ3) is 8.45. The first kappa shape index (κ1) is 28.9. The van der Waals surface area contributed by atoms with Gasteiger partial charge in [-0.25, -0.2) is 9.78 Å². The topological polar surface area (TPSA) is 140 Å². The smallest absolute Gasteiger partial charge is 0.350 e. The second-order valence-corrected chi connectivity index (χ2v) is 10.2. The van der Waals surface area contributed by atoms with Crippen LogP contribution in [-0.2, 0) is 9.53 Å². The summed E-state index contributed by atoms with van der Waals surface area (Å²) in [5, 5.41) is 9.98. The molecule has 0 bridgehead atoms. The van der Waals surface area contributed by atoms with E-state index in [0.717, 1.165) is 30.7 Å². The number of anilines is 1. The van der Waals surface area contributed by atoms with Crippen molar-refractivity contribution in [2.45, 2.75) is 52.5 Å². The number of aromatic nitrogens is 3. The highest BCUT2D eigenvalue weighted by molar-refractivity contribution is 7.17. The number of carbonyl (C=O) groups is 3. The molecule has 0 spiro atoms. The molecule has 204 valence electrons. The van der Waals surface area contributed by atoms with Gasteiger partial charge in [0.25, 0.3) is 5.91 Å². The summed E-state index contributed by atoms with van der Waals surface area (Å²) in [6.07, 6.45) is 2.16. The fraction of sp³-hybridized carbons (Fsp3) is 0.462.